The second-order valence-electron chi connectivity index (χ2n) is 5.68. The van der Waals surface area contributed by atoms with E-state index in [1.165, 1.54) is 14.2 Å². The molecule has 0 aliphatic rings. The van der Waals surface area contributed by atoms with Gasteiger partial charge in [0.05, 0.1) is 24.9 Å². The van der Waals surface area contributed by atoms with Crippen LogP contribution in [0.1, 0.15) is 25.2 Å². The van der Waals surface area contributed by atoms with Gasteiger partial charge in [0.15, 0.2) is 11.5 Å². The number of methoxy groups -OCH3 is 3. The monoisotopic (exact) mass is 432 g/mol. The lowest BCUT2D eigenvalue weighted by Crippen LogP contribution is -2.12. The molecule has 5 nitrogen and oxygen atoms in total. The molecule has 0 unspecified atom stereocenters. The van der Waals surface area contributed by atoms with Gasteiger partial charge in [-0.2, -0.15) is 0 Å². The molecule has 0 saturated carbocycles. The Hall–Kier alpha value is -1.44. The Labute approximate surface area is 149 Å². The van der Waals surface area contributed by atoms with Crippen molar-refractivity contribution in [1.82, 2.24) is 0 Å². The van der Waals surface area contributed by atoms with Gasteiger partial charge in [0, 0.05) is 5.56 Å². The molecular weight excluding hydrogens is 411 g/mol. The summed E-state index contributed by atoms with van der Waals surface area (Å²) in [6, 6.07) is 0. The Morgan fingerprint density at radius 2 is 1.61 bits per heavy atom. The van der Waals surface area contributed by atoms with Crippen LogP contribution in [-0.4, -0.2) is 21.3 Å². The van der Waals surface area contributed by atoms with Gasteiger partial charge in [-0.05, 0) is 41.9 Å². The quantitative estimate of drug-likeness (QED) is 0.671. The third-order valence-corrected chi connectivity index (χ3v) is 4.88. The Morgan fingerprint density at radius 3 is 2.09 bits per heavy atom. The fourth-order valence-corrected chi connectivity index (χ4v) is 3.07. The average Bonchev–Trinajstić information content (AvgIpc) is 2.51. The Kier molecular flexibility index (Phi) is 5.44. The lowest BCUT2D eigenvalue weighted by Gasteiger charge is -2.19. The highest BCUT2D eigenvalue weighted by Gasteiger charge is 2.27. The van der Waals surface area contributed by atoms with Gasteiger partial charge in [-0.3, -0.25) is 4.79 Å². The number of hydrogen-bond acceptors (Lipinski definition) is 5. The number of rotatable bonds is 5. The summed E-state index contributed by atoms with van der Waals surface area (Å²) in [6.45, 7) is 5.98. The molecule has 0 amide bonds. The molecule has 2 rings (SSSR count). The van der Waals surface area contributed by atoms with Gasteiger partial charge >= 0.3 is 0 Å². The van der Waals surface area contributed by atoms with E-state index in [1.54, 1.807) is 14.0 Å². The molecule has 0 aliphatic heterocycles. The summed E-state index contributed by atoms with van der Waals surface area (Å²) in [7, 11) is 4.61. The smallest absolute Gasteiger partial charge is 0.210 e. The molecule has 6 heteroatoms. The van der Waals surface area contributed by atoms with Gasteiger partial charge in [0.25, 0.3) is 0 Å². The molecule has 0 spiro atoms. The molecule has 0 N–H and O–H groups in total. The van der Waals surface area contributed by atoms with Crippen LogP contribution in [0.3, 0.4) is 0 Å². The lowest BCUT2D eigenvalue weighted by molar-refractivity contribution is 0.323. The number of hydrogen-bond donors (Lipinski definition) is 0. The van der Waals surface area contributed by atoms with Crippen LogP contribution in [0.5, 0.6) is 17.2 Å². The number of ether oxygens (including phenoxy) is 3. The van der Waals surface area contributed by atoms with Gasteiger partial charge in [0.2, 0.25) is 11.2 Å². The van der Waals surface area contributed by atoms with E-state index < -0.39 is 0 Å². The van der Waals surface area contributed by atoms with Crippen molar-refractivity contribution in [2.45, 2.75) is 27.2 Å². The maximum Gasteiger partial charge on any atom is 0.210 e. The van der Waals surface area contributed by atoms with E-state index in [-0.39, 0.29) is 5.43 Å². The number of fused-ring (bicyclic) bond motifs is 1. The van der Waals surface area contributed by atoms with Crippen molar-refractivity contribution in [1.29, 1.82) is 0 Å². The SMILES string of the molecule is COc1c(OC)c(OC)c2c(=O)c(I)c(C)oc2c1CC(C)C. The summed E-state index contributed by atoms with van der Waals surface area (Å²) in [5, 5.41) is 0.399. The first kappa shape index (κ1) is 17.9. The molecule has 0 radical (unpaired) electrons. The summed E-state index contributed by atoms with van der Waals surface area (Å²) < 4.78 is 23.0. The number of aryl methyl sites for hydroxylation is 1. The van der Waals surface area contributed by atoms with Crippen LogP contribution in [0.25, 0.3) is 11.0 Å². The third kappa shape index (κ3) is 3.00. The van der Waals surface area contributed by atoms with Crippen molar-refractivity contribution < 1.29 is 18.6 Å². The van der Waals surface area contributed by atoms with Gasteiger partial charge in [-0.25, -0.2) is 0 Å². The molecule has 1 aromatic heterocycles. The second-order valence-corrected chi connectivity index (χ2v) is 6.76. The van der Waals surface area contributed by atoms with E-state index in [0.29, 0.717) is 49.9 Å². The minimum absolute atomic E-state index is 0.118. The minimum Gasteiger partial charge on any atom is -0.492 e. The maximum atomic E-state index is 12.8. The van der Waals surface area contributed by atoms with E-state index in [9.17, 15) is 4.79 Å². The van der Waals surface area contributed by atoms with E-state index in [2.05, 4.69) is 13.8 Å². The molecule has 1 aromatic carbocycles. The Morgan fingerprint density at radius 1 is 1.04 bits per heavy atom. The van der Waals surface area contributed by atoms with Crippen LogP contribution in [0.15, 0.2) is 9.21 Å². The summed E-state index contributed by atoms with van der Waals surface area (Å²) in [5.74, 6) is 2.26. The molecule has 23 heavy (non-hydrogen) atoms. The van der Waals surface area contributed by atoms with Crippen molar-refractivity contribution >= 4 is 33.6 Å². The zero-order chi connectivity index (χ0) is 17.3. The van der Waals surface area contributed by atoms with Crippen LogP contribution in [0.2, 0.25) is 0 Å². The number of halogens is 1. The van der Waals surface area contributed by atoms with Crippen LogP contribution in [0.4, 0.5) is 0 Å². The summed E-state index contributed by atoms with van der Waals surface area (Å²) >= 11 is 2.00. The molecule has 0 bridgehead atoms. The average molecular weight is 432 g/mol. The van der Waals surface area contributed by atoms with Crippen LogP contribution < -0.4 is 19.6 Å². The van der Waals surface area contributed by atoms with Gasteiger partial charge in [-0.1, -0.05) is 13.8 Å². The van der Waals surface area contributed by atoms with Crippen molar-refractivity contribution in [3.8, 4) is 17.2 Å². The van der Waals surface area contributed by atoms with Crippen molar-refractivity contribution in [2.24, 2.45) is 5.92 Å². The zero-order valence-corrected chi connectivity index (χ0v) is 16.4. The Bertz CT molecular complexity index is 792. The highest BCUT2D eigenvalue weighted by atomic mass is 127. The standard InChI is InChI=1S/C17H21IO5/c1-8(2)7-10-14-11(13(19)12(18)9(3)23-14)16(21-5)17(22-6)15(10)20-4/h8H,7H2,1-6H3. The first-order chi connectivity index (χ1) is 10.9. The normalized spacial score (nSPS) is 11.1. The van der Waals surface area contributed by atoms with E-state index in [0.717, 1.165) is 5.56 Å². The molecule has 0 fully saturated rings. The molecule has 0 atom stereocenters. The van der Waals surface area contributed by atoms with Crippen LogP contribution >= 0.6 is 22.6 Å². The van der Waals surface area contributed by atoms with E-state index in [4.69, 9.17) is 18.6 Å². The first-order valence-corrected chi connectivity index (χ1v) is 8.38. The van der Waals surface area contributed by atoms with Gasteiger partial charge in [0.1, 0.15) is 16.7 Å². The fourth-order valence-electron chi connectivity index (χ4n) is 2.69. The van der Waals surface area contributed by atoms with Crippen molar-refractivity contribution in [3.63, 3.8) is 0 Å². The first-order valence-electron chi connectivity index (χ1n) is 7.30. The molecule has 1 heterocycles. The highest BCUT2D eigenvalue weighted by molar-refractivity contribution is 14.1. The minimum atomic E-state index is -0.118. The summed E-state index contributed by atoms with van der Waals surface area (Å²) in [5.41, 5.74) is 1.22. The van der Waals surface area contributed by atoms with Crippen LogP contribution in [-0.2, 0) is 6.42 Å². The van der Waals surface area contributed by atoms with E-state index in [1.807, 2.05) is 22.6 Å². The molecule has 0 aliphatic carbocycles. The van der Waals surface area contributed by atoms with Gasteiger partial charge < -0.3 is 18.6 Å². The summed E-state index contributed by atoms with van der Waals surface area (Å²) in [4.78, 5) is 12.8. The summed E-state index contributed by atoms with van der Waals surface area (Å²) in [6.07, 6.45) is 0.697. The van der Waals surface area contributed by atoms with Gasteiger partial charge in [-0.15, -0.1) is 0 Å². The molecule has 126 valence electrons. The second kappa shape index (κ2) is 6.98. The fraction of sp³-hybridized carbons (Fsp3) is 0.471. The van der Waals surface area contributed by atoms with Crippen molar-refractivity contribution in [3.05, 3.63) is 25.1 Å². The Balaban J connectivity index is 3.09. The topological polar surface area (TPSA) is 57.9 Å². The lowest BCUT2D eigenvalue weighted by atomic mass is 9.98. The number of benzene rings is 1. The zero-order valence-electron chi connectivity index (χ0n) is 14.2. The largest absolute Gasteiger partial charge is 0.492 e. The van der Waals surface area contributed by atoms with Crippen LogP contribution in [0, 0.1) is 16.4 Å². The molecular formula is C17H21IO5. The predicted molar refractivity (Wildman–Crippen MR) is 98.1 cm³/mol. The highest BCUT2D eigenvalue weighted by Crippen LogP contribution is 2.46. The van der Waals surface area contributed by atoms with Crippen molar-refractivity contribution in [2.75, 3.05) is 21.3 Å². The molecule has 2 aromatic rings. The van der Waals surface area contributed by atoms with E-state index >= 15 is 0 Å². The molecule has 0 saturated heterocycles. The maximum absolute atomic E-state index is 12.8. The third-order valence-electron chi connectivity index (χ3n) is 3.63. The predicted octanol–water partition coefficient (Wildman–Crippen LogP) is 3.93.